The summed E-state index contributed by atoms with van der Waals surface area (Å²) in [5.41, 5.74) is 5.11. The average Bonchev–Trinajstić information content (AvgIpc) is 3.00. The number of imide groups is 1. The topological polar surface area (TPSA) is 78.5 Å². The summed E-state index contributed by atoms with van der Waals surface area (Å²) in [6, 6.07) is 21.7. The Morgan fingerprint density at radius 1 is 0.719 bits per heavy atom. The van der Waals surface area contributed by atoms with Crippen LogP contribution < -0.4 is 15.5 Å². The first-order valence-corrected chi connectivity index (χ1v) is 10.2. The third-order valence-electron chi connectivity index (χ3n) is 5.19. The number of carbonyl (C=O) groups is 3. The highest BCUT2D eigenvalue weighted by molar-refractivity contribution is 6.46. The second-order valence-corrected chi connectivity index (χ2v) is 7.78. The molecule has 0 bridgehead atoms. The molecular formula is C26H23N3O3. The van der Waals surface area contributed by atoms with Gasteiger partial charge >= 0.3 is 0 Å². The molecule has 6 nitrogen and oxygen atoms in total. The largest absolute Gasteiger partial charge is 0.350 e. The summed E-state index contributed by atoms with van der Waals surface area (Å²) in [5, 5.41) is 5.84. The maximum atomic E-state index is 13.5. The normalized spacial score (nSPS) is 13.5. The van der Waals surface area contributed by atoms with Crippen LogP contribution in [0.25, 0.3) is 5.57 Å². The van der Waals surface area contributed by atoms with Gasteiger partial charge in [0.1, 0.15) is 5.70 Å². The van der Waals surface area contributed by atoms with Crippen LogP contribution in [0.4, 0.5) is 17.1 Å². The van der Waals surface area contributed by atoms with Crippen LogP contribution >= 0.6 is 0 Å². The Bertz CT molecular complexity index is 1220. The number of nitrogens with zero attached hydrogens (tertiary/aromatic N) is 1. The molecule has 1 aliphatic rings. The van der Waals surface area contributed by atoms with E-state index in [1.54, 1.807) is 24.3 Å². The standard InChI is InChI=1S/C26H23N3O3/c1-16-4-8-19(9-5-16)23-24(28-21-10-6-17(2)7-11-21)26(32)29(25(23)31)22-14-12-20(13-15-22)27-18(3)30/h4-15,28H,1-3H3,(H,27,30). The van der Waals surface area contributed by atoms with Gasteiger partial charge < -0.3 is 10.6 Å². The quantitative estimate of drug-likeness (QED) is 0.583. The van der Waals surface area contributed by atoms with Gasteiger partial charge in [0.25, 0.3) is 11.8 Å². The molecule has 0 saturated heterocycles. The van der Waals surface area contributed by atoms with Gasteiger partial charge in [-0.2, -0.15) is 0 Å². The predicted molar refractivity (Wildman–Crippen MR) is 126 cm³/mol. The van der Waals surface area contributed by atoms with E-state index in [9.17, 15) is 14.4 Å². The smallest absolute Gasteiger partial charge is 0.282 e. The molecule has 0 spiro atoms. The highest BCUT2D eigenvalue weighted by atomic mass is 16.2. The van der Waals surface area contributed by atoms with Crippen LogP contribution in [0.3, 0.4) is 0 Å². The monoisotopic (exact) mass is 425 g/mol. The van der Waals surface area contributed by atoms with Crippen molar-refractivity contribution in [2.75, 3.05) is 15.5 Å². The first-order valence-electron chi connectivity index (χ1n) is 10.2. The number of rotatable bonds is 5. The summed E-state index contributed by atoms with van der Waals surface area (Å²) in [6.45, 7) is 5.37. The molecule has 0 atom stereocenters. The zero-order chi connectivity index (χ0) is 22.8. The molecule has 0 saturated carbocycles. The van der Waals surface area contributed by atoms with Crippen LogP contribution in [0.5, 0.6) is 0 Å². The molecular weight excluding hydrogens is 402 g/mol. The van der Waals surface area contributed by atoms with Gasteiger partial charge in [-0.25, -0.2) is 4.90 Å². The summed E-state index contributed by atoms with van der Waals surface area (Å²) in [4.78, 5) is 39.3. The van der Waals surface area contributed by atoms with E-state index in [1.807, 2.05) is 62.4 Å². The van der Waals surface area contributed by atoms with Gasteiger partial charge in [0.15, 0.2) is 0 Å². The lowest BCUT2D eigenvalue weighted by atomic mass is 10.0. The molecule has 1 heterocycles. The molecule has 0 radical (unpaired) electrons. The minimum absolute atomic E-state index is 0.195. The highest BCUT2D eigenvalue weighted by Gasteiger charge is 2.40. The number of amides is 3. The van der Waals surface area contributed by atoms with Gasteiger partial charge in [-0.1, -0.05) is 47.5 Å². The van der Waals surface area contributed by atoms with Crippen molar-refractivity contribution in [1.29, 1.82) is 0 Å². The maximum absolute atomic E-state index is 13.5. The van der Waals surface area contributed by atoms with E-state index in [0.29, 0.717) is 22.5 Å². The molecule has 0 aliphatic carbocycles. The second kappa shape index (κ2) is 8.51. The lowest BCUT2D eigenvalue weighted by molar-refractivity contribution is -0.120. The summed E-state index contributed by atoms with van der Waals surface area (Å²) in [6.07, 6.45) is 0. The van der Waals surface area contributed by atoms with Crippen LogP contribution in [0, 0.1) is 13.8 Å². The lowest BCUT2D eigenvalue weighted by Gasteiger charge is -2.16. The second-order valence-electron chi connectivity index (χ2n) is 7.78. The molecule has 32 heavy (non-hydrogen) atoms. The third-order valence-corrected chi connectivity index (χ3v) is 5.19. The average molecular weight is 425 g/mol. The van der Waals surface area contributed by atoms with Gasteiger partial charge in [0, 0.05) is 18.3 Å². The number of anilines is 3. The van der Waals surface area contributed by atoms with E-state index < -0.39 is 11.8 Å². The molecule has 160 valence electrons. The molecule has 4 rings (SSSR count). The molecule has 3 aromatic carbocycles. The minimum Gasteiger partial charge on any atom is -0.350 e. The van der Waals surface area contributed by atoms with E-state index in [-0.39, 0.29) is 11.6 Å². The molecule has 0 unspecified atom stereocenters. The molecule has 0 aromatic heterocycles. The number of carbonyl (C=O) groups excluding carboxylic acids is 3. The van der Waals surface area contributed by atoms with Crippen molar-refractivity contribution in [3.05, 3.63) is 95.2 Å². The van der Waals surface area contributed by atoms with E-state index in [0.717, 1.165) is 21.7 Å². The van der Waals surface area contributed by atoms with Crippen LogP contribution in [0.1, 0.15) is 23.6 Å². The summed E-state index contributed by atoms with van der Waals surface area (Å²) in [5.74, 6) is -1.03. The fourth-order valence-corrected chi connectivity index (χ4v) is 3.55. The van der Waals surface area contributed by atoms with Gasteiger partial charge in [-0.3, -0.25) is 14.4 Å². The van der Waals surface area contributed by atoms with E-state index in [4.69, 9.17) is 0 Å². The molecule has 3 amide bonds. The van der Waals surface area contributed by atoms with Crippen LogP contribution in [0.15, 0.2) is 78.5 Å². The maximum Gasteiger partial charge on any atom is 0.282 e. The van der Waals surface area contributed by atoms with Crippen molar-refractivity contribution in [3.8, 4) is 0 Å². The third kappa shape index (κ3) is 4.16. The fraction of sp³-hybridized carbons (Fsp3) is 0.115. The summed E-state index contributed by atoms with van der Waals surface area (Å²) >= 11 is 0. The Morgan fingerprint density at radius 2 is 1.25 bits per heavy atom. The fourth-order valence-electron chi connectivity index (χ4n) is 3.55. The number of hydrogen-bond acceptors (Lipinski definition) is 4. The van der Waals surface area contributed by atoms with Crippen LogP contribution in [0.2, 0.25) is 0 Å². The zero-order valence-electron chi connectivity index (χ0n) is 18.1. The van der Waals surface area contributed by atoms with Crippen molar-refractivity contribution in [3.63, 3.8) is 0 Å². The summed E-state index contributed by atoms with van der Waals surface area (Å²) < 4.78 is 0. The van der Waals surface area contributed by atoms with Crippen LogP contribution in [-0.2, 0) is 14.4 Å². The molecule has 0 fully saturated rings. The van der Waals surface area contributed by atoms with Gasteiger partial charge in [0.05, 0.1) is 11.3 Å². The van der Waals surface area contributed by atoms with Crippen molar-refractivity contribution in [2.24, 2.45) is 0 Å². The van der Waals surface area contributed by atoms with Crippen molar-refractivity contribution in [1.82, 2.24) is 0 Å². The Kier molecular flexibility index (Phi) is 5.60. The summed E-state index contributed by atoms with van der Waals surface area (Å²) in [7, 11) is 0. The van der Waals surface area contributed by atoms with Crippen LogP contribution in [-0.4, -0.2) is 17.7 Å². The SMILES string of the molecule is CC(=O)Nc1ccc(N2C(=O)C(Nc3ccc(C)cc3)=C(c3ccc(C)cc3)C2=O)cc1. The number of hydrogen-bond donors (Lipinski definition) is 2. The number of nitrogens with one attached hydrogen (secondary N) is 2. The van der Waals surface area contributed by atoms with Crippen molar-refractivity contribution in [2.45, 2.75) is 20.8 Å². The number of benzene rings is 3. The van der Waals surface area contributed by atoms with E-state index in [1.165, 1.54) is 6.92 Å². The molecule has 6 heteroatoms. The predicted octanol–water partition coefficient (Wildman–Crippen LogP) is 4.66. The van der Waals surface area contributed by atoms with Gasteiger partial charge in [-0.15, -0.1) is 0 Å². The first kappa shape index (κ1) is 21.1. The zero-order valence-corrected chi connectivity index (χ0v) is 18.1. The Morgan fingerprint density at radius 3 is 1.81 bits per heavy atom. The molecule has 1 aliphatic heterocycles. The lowest BCUT2D eigenvalue weighted by Crippen LogP contribution is -2.32. The number of aryl methyl sites for hydroxylation is 2. The van der Waals surface area contributed by atoms with E-state index in [2.05, 4.69) is 10.6 Å². The van der Waals surface area contributed by atoms with Crippen molar-refractivity contribution >= 4 is 40.4 Å². The van der Waals surface area contributed by atoms with Gasteiger partial charge in [-0.05, 0) is 55.8 Å². The Labute approximate surface area is 186 Å². The van der Waals surface area contributed by atoms with Crippen molar-refractivity contribution < 1.29 is 14.4 Å². The molecule has 2 N–H and O–H groups in total. The first-order chi connectivity index (χ1) is 15.3. The Hall–Kier alpha value is -4.19. The Balaban J connectivity index is 1.74. The highest BCUT2D eigenvalue weighted by Crippen LogP contribution is 2.34. The van der Waals surface area contributed by atoms with Gasteiger partial charge in [0.2, 0.25) is 5.91 Å². The molecule has 3 aromatic rings. The minimum atomic E-state index is -0.432. The van der Waals surface area contributed by atoms with E-state index >= 15 is 0 Å².